The van der Waals surface area contributed by atoms with E-state index in [9.17, 15) is 9.59 Å². The van der Waals surface area contributed by atoms with Crippen molar-refractivity contribution in [3.05, 3.63) is 59.1 Å². The van der Waals surface area contributed by atoms with Gasteiger partial charge < -0.3 is 10.1 Å². The third kappa shape index (κ3) is 4.07. The van der Waals surface area contributed by atoms with E-state index in [2.05, 4.69) is 5.32 Å². The summed E-state index contributed by atoms with van der Waals surface area (Å²) in [5.74, 6) is -0.307. The van der Waals surface area contributed by atoms with Crippen molar-refractivity contribution in [3.63, 3.8) is 0 Å². The maximum Gasteiger partial charge on any atom is 0.345 e. The van der Waals surface area contributed by atoms with Crippen molar-refractivity contribution in [1.29, 1.82) is 0 Å². The topological polar surface area (TPSA) is 55.4 Å². The molecule has 4 nitrogen and oxygen atoms in total. The number of hydrogen-bond acceptors (Lipinski definition) is 3. The monoisotopic (exact) mass is 303 g/mol. The second-order valence-corrected chi connectivity index (χ2v) is 4.71. The Hall–Kier alpha value is -2.33. The normalized spacial score (nSPS) is 10.0. The van der Waals surface area contributed by atoms with Gasteiger partial charge in [0.25, 0.3) is 0 Å². The third-order valence-corrected chi connectivity index (χ3v) is 3.07. The number of carbonyl (C=O) groups is 2. The average molecular weight is 304 g/mol. The molecule has 0 aromatic heterocycles. The van der Waals surface area contributed by atoms with Gasteiger partial charge in [0, 0.05) is 18.2 Å². The highest BCUT2D eigenvalue weighted by atomic mass is 35.5. The van der Waals surface area contributed by atoms with Crippen molar-refractivity contribution in [3.8, 4) is 5.75 Å². The van der Waals surface area contributed by atoms with E-state index in [1.807, 2.05) is 0 Å². The van der Waals surface area contributed by atoms with E-state index in [1.165, 1.54) is 0 Å². The second-order valence-electron chi connectivity index (χ2n) is 4.30. The minimum absolute atomic E-state index is 0.107. The molecule has 0 fully saturated rings. The number of hydrogen-bond donors (Lipinski definition) is 1. The Morgan fingerprint density at radius 2 is 1.90 bits per heavy atom. The van der Waals surface area contributed by atoms with Gasteiger partial charge >= 0.3 is 5.97 Å². The standard InChI is InChI=1S/C16H14ClNO3/c1-2-15(19)18-11-6-5-7-12(10-11)21-16(20)13-8-3-4-9-14(13)17/h3-10H,2H2,1H3,(H,18,19). The molecule has 0 saturated carbocycles. The molecule has 0 aliphatic carbocycles. The predicted molar refractivity (Wildman–Crippen MR) is 81.8 cm³/mol. The second kappa shape index (κ2) is 6.90. The molecule has 21 heavy (non-hydrogen) atoms. The van der Waals surface area contributed by atoms with Gasteiger partial charge in [0.1, 0.15) is 5.75 Å². The first-order chi connectivity index (χ1) is 10.1. The van der Waals surface area contributed by atoms with Crippen molar-refractivity contribution in [2.24, 2.45) is 0 Å². The maximum atomic E-state index is 12.0. The number of esters is 1. The first-order valence-electron chi connectivity index (χ1n) is 6.46. The van der Waals surface area contributed by atoms with Crippen LogP contribution in [0, 0.1) is 0 Å². The zero-order valence-corrected chi connectivity index (χ0v) is 12.2. The number of rotatable bonds is 4. The Bertz CT molecular complexity index is 670. The van der Waals surface area contributed by atoms with E-state index >= 15 is 0 Å². The first kappa shape index (κ1) is 15.1. The summed E-state index contributed by atoms with van der Waals surface area (Å²) >= 11 is 5.95. The minimum atomic E-state index is -0.542. The molecular formula is C16H14ClNO3. The molecule has 1 amide bonds. The number of anilines is 1. The average Bonchev–Trinajstić information content (AvgIpc) is 2.47. The Morgan fingerprint density at radius 3 is 2.62 bits per heavy atom. The van der Waals surface area contributed by atoms with E-state index < -0.39 is 5.97 Å². The molecular weight excluding hydrogens is 290 g/mol. The van der Waals surface area contributed by atoms with Gasteiger partial charge in [-0.15, -0.1) is 0 Å². The molecule has 2 aromatic rings. The SMILES string of the molecule is CCC(=O)Nc1cccc(OC(=O)c2ccccc2Cl)c1. The summed E-state index contributed by atoms with van der Waals surface area (Å²) in [5.41, 5.74) is 0.869. The van der Waals surface area contributed by atoms with Crippen molar-refractivity contribution < 1.29 is 14.3 Å². The molecule has 0 aliphatic heterocycles. The quantitative estimate of drug-likeness (QED) is 0.688. The molecule has 0 saturated heterocycles. The fourth-order valence-corrected chi connectivity index (χ4v) is 1.89. The molecule has 0 unspecified atom stereocenters. The number of nitrogens with one attached hydrogen (secondary N) is 1. The molecule has 0 spiro atoms. The lowest BCUT2D eigenvalue weighted by Crippen LogP contribution is -2.11. The van der Waals surface area contributed by atoms with Crippen molar-refractivity contribution >= 4 is 29.2 Å². The number of halogens is 1. The molecule has 0 bridgehead atoms. The van der Waals surface area contributed by atoms with Gasteiger partial charge in [-0.1, -0.05) is 36.7 Å². The van der Waals surface area contributed by atoms with Crippen molar-refractivity contribution in [2.45, 2.75) is 13.3 Å². The molecule has 108 valence electrons. The Morgan fingerprint density at radius 1 is 1.14 bits per heavy atom. The summed E-state index contributed by atoms with van der Waals surface area (Å²) in [6.07, 6.45) is 0.379. The lowest BCUT2D eigenvalue weighted by molar-refractivity contribution is -0.115. The van der Waals surface area contributed by atoms with Crippen LogP contribution in [-0.2, 0) is 4.79 Å². The first-order valence-corrected chi connectivity index (χ1v) is 6.84. The fraction of sp³-hybridized carbons (Fsp3) is 0.125. The van der Waals surface area contributed by atoms with Crippen LogP contribution in [0.25, 0.3) is 0 Å². The summed E-state index contributed by atoms with van der Waals surface area (Å²) in [6.45, 7) is 1.76. The van der Waals surface area contributed by atoms with Crippen molar-refractivity contribution in [1.82, 2.24) is 0 Å². The van der Waals surface area contributed by atoms with E-state index in [0.29, 0.717) is 28.4 Å². The summed E-state index contributed by atoms with van der Waals surface area (Å²) in [5, 5.41) is 3.03. The molecule has 2 rings (SSSR count). The highest BCUT2D eigenvalue weighted by Crippen LogP contribution is 2.21. The van der Waals surface area contributed by atoms with Crippen LogP contribution in [0.3, 0.4) is 0 Å². The molecule has 5 heteroatoms. The van der Waals surface area contributed by atoms with Crippen LogP contribution < -0.4 is 10.1 Å². The zero-order chi connectivity index (χ0) is 15.2. The van der Waals surface area contributed by atoms with Gasteiger partial charge in [-0.2, -0.15) is 0 Å². The molecule has 1 N–H and O–H groups in total. The van der Waals surface area contributed by atoms with E-state index in [0.717, 1.165) is 0 Å². The largest absolute Gasteiger partial charge is 0.423 e. The molecule has 2 aromatic carbocycles. The smallest absolute Gasteiger partial charge is 0.345 e. The van der Waals surface area contributed by atoms with E-state index in [1.54, 1.807) is 55.5 Å². The highest BCUT2D eigenvalue weighted by Gasteiger charge is 2.12. The van der Waals surface area contributed by atoms with Crippen LogP contribution in [0.5, 0.6) is 5.75 Å². The van der Waals surface area contributed by atoms with Crippen LogP contribution in [0.1, 0.15) is 23.7 Å². The lowest BCUT2D eigenvalue weighted by atomic mass is 10.2. The maximum absolute atomic E-state index is 12.0. The number of carbonyl (C=O) groups excluding carboxylic acids is 2. The molecule has 0 aliphatic rings. The van der Waals surface area contributed by atoms with E-state index in [4.69, 9.17) is 16.3 Å². The number of amides is 1. The molecule has 0 heterocycles. The van der Waals surface area contributed by atoms with Crippen LogP contribution >= 0.6 is 11.6 Å². The van der Waals surface area contributed by atoms with Crippen LogP contribution in [0.2, 0.25) is 5.02 Å². The summed E-state index contributed by atoms with van der Waals surface area (Å²) in [7, 11) is 0. The van der Waals surface area contributed by atoms with Crippen LogP contribution in [0.4, 0.5) is 5.69 Å². The van der Waals surface area contributed by atoms with Crippen LogP contribution in [-0.4, -0.2) is 11.9 Å². The lowest BCUT2D eigenvalue weighted by Gasteiger charge is -2.08. The van der Waals surface area contributed by atoms with E-state index in [-0.39, 0.29) is 5.91 Å². The zero-order valence-electron chi connectivity index (χ0n) is 11.4. The van der Waals surface area contributed by atoms with Crippen molar-refractivity contribution in [2.75, 3.05) is 5.32 Å². The van der Waals surface area contributed by atoms with Gasteiger partial charge in [-0.3, -0.25) is 4.79 Å². The highest BCUT2D eigenvalue weighted by molar-refractivity contribution is 6.33. The summed E-state index contributed by atoms with van der Waals surface area (Å²) in [4.78, 5) is 23.4. The number of benzene rings is 2. The summed E-state index contributed by atoms with van der Waals surface area (Å²) in [6, 6.07) is 13.3. The van der Waals surface area contributed by atoms with Gasteiger partial charge in [0.05, 0.1) is 10.6 Å². The fourth-order valence-electron chi connectivity index (χ4n) is 1.68. The Kier molecular flexibility index (Phi) is 4.95. The minimum Gasteiger partial charge on any atom is -0.423 e. The van der Waals surface area contributed by atoms with Gasteiger partial charge in [0.15, 0.2) is 0 Å². The van der Waals surface area contributed by atoms with Gasteiger partial charge in [0.2, 0.25) is 5.91 Å². The molecule has 0 radical (unpaired) electrons. The Balaban J connectivity index is 2.13. The number of ether oxygens (including phenoxy) is 1. The van der Waals surface area contributed by atoms with Gasteiger partial charge in [-0.05, 0) is 24.3 Å². The third-order valence-electron chi connectivity index (χ3n) is 2.74. The Labute approximate surface area is 127 Å². The molecule has 0 atom stereocenters. The summed E-state index contributed by atoms with van der Waals surface area (Å²) < 4.78 is 5.26. The van der Waals surface area contributed by atoms with Crippen LogP contribution in [0.15, 0.2) is 48.5 Å². The predicted octanol–water partition coefficient (Wildman–Crippen LogP) is 3.91. The van der Waals surface area contributed by atoms with Gasteiger partial charge in [-0.25, -0.2) is 4.79 Å².